The van der Waals surface area contributed by atoms with Gasteiger partial charge in [-0.3, -0.25) is 4.79 Å². The fourth-order valence-corrected chi connectivity index (χ4v) is 4.58. The smallest absolute Gasteiger partial charge is 0.206 e. The maximum absolute atomic E-state index is 12.7. The second kappa shape index (κ2) is 4.52. The Balaban J connectivity index is 1.84. The first-order valence-electron chi connectivity index (χ1n) is 7.48. The standard InChI is InChI=1S/C18H16O4S/c1-18(2)16(19)13-9-8-12(10-14(13)15-17(18)22-15)23(20,21)11-6-4-3-5-7-11/h3-10,15,17H,1-2H3. The second-order valence-corrected chi connectivity index (χ2v) is 8.54. The van der Waals surface area contributed by atoms with E-state index in [0.29, 0.717) is 11.1 Å². The van der Waals surface area contributed by atoms with Crippen molar-refractivity contribution < 1.29 is 17.9 Å². The fraction of sp³-hybridized carbons (Fsp3) is 0.278. The van der Waals surface area contributed by atoms with Gasteiger partial charge in [0.2, 0.25) is 9.84 Å². The average molecular weight is 328 g/mol. The molecular formula is C18H16O4S. The van der Waals surface area contributed by atoms with Crippen LogP contribution in [-0.4, -0.2) is 20.3 Å². The first-order chi connectivity index (χ1) is 10.8. The van der Waals surface area contributed by atoms with E-state index in [2.05, 4.69) is 0 Å². The molecule has 5 heteroatoms. The van der Waals surface area contributed by atoms with Crippen molar-refractivity contribution in [2.24, 2.45) is 5.41 Å². The Morgan fingerprint density at radius 1 is 1.00 bits per heavy atom. The van der Waals surface area contributed by atoms with Crippen LogP contribution in [0.15, 0.2) is 58.3 Å². The van der Waals surface area contributed by atoms with E-state index < -0.39 is 15.3 Å². The third kappa shape index (κ3) is 2.00. The van der Waals surface area contributed by atoms with E-state index in [4.69, 9.17) is 4.74 Å². The first-order valence-corrected chi connectivity index (χ1v) is 8.96. The zero-order valence-corrected chi connectivity index (χ0v) is 13.6. The number of epoxide rings is 1. The minimum atomic E-state index is -3.59. The van der Waals surface area contributed by atoms with E-state index >= 15 is 0 Å². The largest absolute Gasteiger partial charge is 0.363 e. The van der Waals surface area contributed by atoms with Crippen molar-refractivity contribution >= 4 is 15.6 Å². The Bertz CT molecular complexity index is 913. The average Bonchev–Trinajstić information content (AvgIpc) is 3.35. The molecule has 4 nitrogen and oxygen atoms in total. The maximum Gasteiger partial charge on any atom is 0.206 e. The number of hydrogen-bond donors (Lipinski definition) is 0. The molecule has 2 aromatic carbocycles. The third-order valence-electron chi connectivity index (χ3n) is 4.73. The Morgan fingerprint density at radius 3 is 2.39 bits per heavy atom. The monoisotopic (exact) mass is 328 g/mol. The number of carbonyl (C=O) groups excluding carboxylic acids is 1. The summed E-state index contributed by atoms with van der Waals surface area (Å²) in [5, 5.41) is 0. The van der Waals surface area contributed by atoms with E-state index in [0.717, 1.165) is 0 Å². The van der Waals surface area contributed by atoms with Crippen molar-refractivity contribution in [3.63, 3.8) is 0 Å². The van der Waals surface area contributed by atoms with Gasteiger partial charge in [-0.2, -0.15) is 0 Å². The minimum absolute atomic E-state index is 0.00918. The van der Waals surface area contributed by atoms with Crippen molar-refractivity contribution in [3.05, 3.63) is 59.7 Å². The zero-order chi connectivity index (χ0) is 16.4. The van der Waals surface area contributed by atoms with Crippen LogP contribution in [0.3, 0.4) is 0 Å². The Kier molecular flexibility index (Phi) is 2.87. The predicted octanol–water partition coefficient (Wildman–Crippen LogP) is 3.18. The maximum atomic E-state index is 12.7. The summed E-state index contributed by atoms with van der Waals surface area (Å²) in [5.74, 6) is 0.00918. The molecule has 23 heavy (non-hydrogen) atoms. The zero-order valence-electron chi connectivity index (χ0n) is 12.8. The lowest BCUT2D eigenvalue weighted by molar-refractivity contribution is 0.0792. The molecular weight excluding hydrogens is 312 g/mol. The molecule has 0 aromatic heterocycles. The highest BCUT2D eigenvalue weighted by Gasteiger charge is 2.59. The van der Waals surface area contributed by atoms with Gasteiger partial charge in [0.05, 0.1) is 15.2 Å². The lowest BCUT2D eigenvalue weighted by Gasteiger charge is -2.26. The topological polar surface area (TPSA) is 63.7 Å². The number of ether oxygens (including phenoxy) is 1. The summed E-state index contributed by atoms with van der Waals surface area (Å²) in [6.45, 7) is 3.75. The molecule has 1 aliphatic heterocycles. The van der Waals surface area contributed by atoms with Gasteiger partial charge in [-0.25, -0.2) is 8.42 Å². The highest BCUT2D eigenvalue weighted by molar-refractivity contribution is 7.91. The van der Waals surface area contributed by atoms with Gasteiger partial charge in [-0.15, -0.1) is 0 Å². The highest BCUT2D eigenvalue weighted by Crippen LogP contribution is 2.55. The van der Waals surface area contributed by atoms with Crippen molar-refractivity contribution in [2.75, 3.05) is 0 Å². The van der Waals surface area contributed by atoms with Crippen LogP contribution in [0.2, 0.25) is 0 Å². The number of fused-ring (bicyclic) bond motifs is 3. The van der Waals surface area contributed by atoms with Crippen LogP contribution in [0.4, 0.5) is 0 Å². The molecule has 2 aromatic rings. The van der Waals surface area contributed by atoms with Crippen LogP contribution in [0, 0.1) is 5.41 Å². The van der Waals surface area contributed by atoms with E-state index in [1.54, 1.807) is 42.5 Å². The van der Waals surface area contributed by atoms with Crippen LogP contribution in [0.1, 0.15) is 35.9 Å². The van der Waals surface area contributed by atoms with Crippen LogP contribution in [0.5, 0.6) is 0 Å². The fourth-order valence-electron chi connectivity index (χ4n) is 3.26. The van der Waals surface area contributed by atoms with Gasteiger partial charge in [0.15, 0.2) is 5.78 Å². The molecule has 2 unspecified atom stereocenters. The molecule has 1 fully saturated rings. The van der Waals surface area contributed by atoms with Crippen LogP contribution >= 0.6 is 0 Å². The molecule has 0 N–H and O–H groups in total. The van der Waals surface area contributed by atoms with E-state index in [1.807, 2.05) is 13.8 Å². The summed E-state index contributed by atoms with van der Waals surface area (Å²) >= 11 is 0. The molecule has 0 amide bonds. The summed E-state index contributed by atoms with van der Waals surface area (Å²) in [7, 11) is -3.59. The number of hydrogen-bond acceptors (Lipinski definition) is 4. The van der Waals surface area contributed by atoms with E-state index in [1.165, 1.54) is 6.07 Å². The molecule has 1 aliphatic carbocycles. The number of rotatable bonds is 2. The number of ketones is 1. The minimum Gasteiger partial charge on any atom is -0.363 e. The van der Waals surface area contributed by atoms with Gasteiger partial charge in [-0.05, 0) is 49.7 Å². The van der Waals surface area contributed by atoms with Gasteiger partial charge in [0.25, 0.3) is 0 Å². The molecule has 118 valence electrons. The predicted molar refractivity (Wildman–Crippen MR) is 84.1 cm³/mol. The quantitative estimate of drug-likeness (QED) is 0.794. The molecule has 1 heterocycles. The summed E-state index contributed by atoms with van der Waals surface area (Å²) in [5.41, 5.74) is 0.703. The first kappa shape index (κ1) is 14.6. The van der Waals surface area contributed by atoms with Gasteiger partial charge < -0.3 is 4.74 Å². The molecule has 0 radical (unpaired) electrons. The molecule has 0 spiro atoms. The van der Waals surface area contributed by atoms with Gasteiger partial charge >= 0.3 is 0 Å². The molecule has 1 saturated heterocycles. The number of carbonyl (C=O) groups is 1. The Hall–Kier alpha value is -1.98. The lowest BCUT2D eigenvalue weighted by atomic mass is 9.73. The number of Topliss-reactive ketones (excluding diaryl/α,β-unsaturated/α-hetero) is 1. The van der Waals surface area contributed by atoms with Crippen LogP contribution < -0.4 is 0 Å². The summed E-state index contributed by atoms with van der Waals surface area (Å²) in [6, 6.07) is 13.0. The second-order valence-electron chi connectivity index (χ2n) is 6.59. The van der Waals surface area contributed by atoms with E-state index in [-0.39, 0.29) is 27.8 Å². The van der Waals surface area contributed by atoms with Crippen LogP contribution in [0.25, 0.3) is 0 Å². The van der Waals surface area contributed by atoms with Gasteiger partial charge in [0.1, 0.15) is 12.2 Å². The molecule has 4 rings (SSSR count). The lowest BCUT2D eigenvalue weighted by Crippen LogP contribution is -2.34. The Morgan fingerprint density at radius 2 is 1.70 bits per heavy atom. The molecule has 2 atom stereocenters. The summed E-state index contributed by atoms with van der Waals surface area (Å²) in [6.07, 6.45) is -0.333. The van der Waals surface area contributed by atoms with Gasteiger partial charge in [-0.1, -0.05) is 18.2 Å². The molecule has 0 saturated carbocycles. The van der Waals surface area contributed by atoms with Crippen molar-refractivity contribution in [3.8, 4) is 0 Å². The SMILES string of the molecule is CC1(C)C(=O)c2ccc(S(=O)(=O)c3ccccc3)cc2C2OC21. The van der Waals surface area contributed by atoms with Crippen molar-refractivity contribution in [1.82, 2.24) is 0 Å². The third-order valence-corrected chi connectivity index (χ3v) is 6.49. The Labute approximate surface area is 135 Å². The molecule has 0 bridgehead atoms. The number of sulfone groups is 1. The number of benzene rings is 2. The van der Waals surface area contributed by atoms with Crippen molar-refractivity contribution in [2.45, 2.75) is 35.8 Å². The van der Waals surface area contributed by atoms with E-state index in [9.17, 15) is 13.2 Å². The summed E-state index contributed by atoms with van der Waals surface area (Å²) in [4.78, 5) is 13.0. The van der Waals surface area contributed by atoms with Crippen LogP contribution in [-0.2, 0) is 14.6 Å². The summed E-state index contributed by atoms with van der Waals surface area (Å²) < 4.78 is 31.1. The van der Waals surface area contributed by atoms with Gasteiger partial charge in [0, 0.05) is 5.56 Å². The normalized spacial score (nSPS) is 24.7. The van der Waals surface area contributed by atoms with Crippen molar-refractivity contribution in [1.29, 1.82) is 0 Å². The molecule has 2 aliphatic rings. The highest BCUT2D eigenvalue weighted by atomic mass is 32.2.